The van der Waals surface area contributed by atoms with Gasteiger partial charge in [-0.3, -0.25) is 0 Å². The quantitative estimate of drug-likeness (QED) is 0.635. The third-order valence-corrected chi connectivity index (χ3v) is 17.5. The number of benzene rings is 1. The summed E-state index contributed by atoms with van der Waals surface area (Å²) in [7, 11) is -9.90. The lowest BCUT2D eigenvalue weighted by Crippen LogP contribution is -2.59. The van der Waals surface area contributed by atoms with Crippen molar-refractivity contribution in [2.45, 2.75) is 58.9 Å². The molecule has 1 aromatic carbocycles. The Hall–Kier alpha value is -0.0475. The molecule has 0 bridgehead atoms. The molecular weight excluding hydrogens is 383 g/mol. The van der Waals surface area contributed by atoms with E-state index in [1.54, 1.807) is 12.1 Å². The maximum Gasteiger partial charge on any atom is 0.488 e. The van der Waals surface area contributed by atoms with Crippen LogP contribution in [0, 0.1) is 0 Å². The minimum absolute atomic E-state index is 0.485. The van der Waals surface area contributed by atoms with Gasteiger partial charge in [-0.1, -0.05) is 24.3 Å². The van der Waals surface area contributed by atoms with Crippen molar-refractivity contribution in [3.05, 3.63) is 24.3 Å². The molecule has 1 aromatic rings. The predicted molar refractivity (Wildman–Crippen MR) is 115 cm³/mol. The molecule has 25 heavy (non-hydrogen) atoms. The Balaban J connectivity index is 2.89. The van der Waals surface area contributed by atoms with Gasteiger partial charge in [-0.25, -0.2) is 0 Å². The highest BCUT2D eigenvalue weighted by Gasteiger charge is 2.43. The van der Waals surface area contributed by atoms with Crippen molar-refractivity contribution in [3.63, 3.8) is 0 Å². The molecule has 0 heterocycles. The van der Waals surface area contributed by atoms with Gasteiger partial charge in [0, 0.05) is 0 Å². The van der Waals surface area contributed by atoms with Crippen LogP contribution < -0.4 is 10.6 Å². The van der Waals surface area contributed by atoms with Crippen LogP contribution in [0.4, 0.5) is 0 Å². The van der Waals surface area contributed by atoms with E-state index in [0.717, 1.165) is 5.19 Å². The van der Waals surface area contributed by atoms with Gasteiger partial charge < -0.3 is 22.4 Å². The van der Waals surface area contributed by atoms with E-state index >= 15 is 0 Å². The Kier molecular flexibility index (Phi) is 7.27. The Morgan fingerprint density at radius 1 is 0.680 bits per heavy atom. The smallest absolute Gasteiger partial charge is 0.437 e. The molecular formula is C15H33BO5Si4. The summed E-state index contributed by atoms with van der Waals surface area (Å²) in [6.45, 7) is 19.2. The fourth-order valence-corrected chi connectivity index (χ4v) is 21.2. The molecule has 0 aliphatic heterocycles. The highest BCUT2D eigenvalue weighted by atomic mass is 28.5. The molecule has 0 radical (unpaired) electrons. The normalized spacial score (nSPS) is 13.9. The molecule has 0 aliphatic rings. The van der Waals surface area contributed by atoms with E-state index in [2.05, 4.69) is 58.9 Å². The Bertz CT molecular complexity index is 570. The highest BCUT2D eigenvalue weighted by molar-refractivity contribution is 6.93. The van der Waals surface area contributed by atoms with E-state index in [-0.39, 0.29) is 0 Å². The Labute approximate surface area is 157 Å². The average Bonchev–Trinajstić information content (AvgIpc) is 2.32. The maximum atomic E-state index is 9.24. The largest absolute Gasteiger partial charge is 0.488 e. The molecule has 10 heteroatoms. The van der Waals surface area contributed by atoms with Crippen LogP contribution in [0.25, 0.3) is 0 Å². The van der Waals surface area contributed by atoms with Gasteiger partial charge in [-0.05, 0) is 69.6 Å². The van der Waals surface area contributed by atoms with Crippen molar-refractivity contribution in [2.24, 2.45) is 0 Å². The van der Waals surface area contributed by atoms with Crippen LogP contribution >= 0.6 is 0 Å². The van der Waals surface area contributed by atoms with Crippen LogP contribution in [-0.2, 0) is 12.3 Å². The second-order valence-corrected chi connectivity index (χ2v) is 24.6. The van der Waals surface area contributed by atoms with E-state index in [4.69, 9.17) is 12.3 Å². The predicted octanol–water partition coefficient (Wildman–Crippen LogP) is 2.07. The fourth-order valence-electron chi connectivity index (χ4n) is 3.10. The first kappa shape index (κ1) is 23.0. The lowest BCUT2D eigenvalue weighted by Gasteiger charge is -2.40. The van der Waals surface area contributed by atoms with Crippen LogP contribution in [-0.4, -0.2) is 50.9 Å². The molecule has 0 saturated carbocycles. The molecule has 5 nitrogen and oxygen atoms in total. The van der Waals surface area contributed by atoms with Crippen molar-refractivity contribution < 1.29 is 22.4 Å². The topological polar surface area (TPSA) is 68.2 Å². The lowest BCUT2D eigenvalue weighted by atomic mass is 9.81. The van der Waals surface area contributed by atoms with Gasteiger partial charge in [0.2, 0.25) is 8.32 Å². The van der Waals surface area contributed by atoms with Crippen molar-refractivity contribution in [1.82, 2.24) is 0 Å². The van der Waals surface area contributed by atoms with Crippen molar-refractivity contribution in [1.29, 1.82) is 0 Å². The highest BCUT2D eigenvalue weighted by Crippen LogP contribution is 2.23. The van der Waals surface area contributed by atoms with Crippen LogP contribution in [0.1, 0.15) is 0 Å². The van der Waals surface area contributed by atoms with Gasteiger partial charge in [-0.15, -0.1) is 0 Å². The Morgan fingerprint density at radius 2 is 1.12 bits per heavy atom. The van der Waals surface area contributed by atoms with Crippen molar-refractivity contribution in [2.75, 3.05) is 0 Å². The van der Waals surface area contributed by atoms with E-state index in [0.29, 0.717) is 5.46 Å². The van der Waals surface area contributed by atoms with Crippen LogP contribution in [0.15, 0.2) is 24.3 Å². The Morgan fingerprint density at radius 3 is 1.52 bits per heavy atom. The number of hydrogen-bond donors (Lipinski definition) is 2. The van der Waals surface area contributed by atoms with Gasteiger partial charge in [0.25, 0.3) is 0 Å². The SMILES string of the molecule is C[Si](C)(C)O[Si](C)(C)O[Si](C)(C)O[Si](C)(C)c1ccc(B(O)O)cc1. The molecule has 142 valence electrons. The van der Waals surface area contributed by atoms with Gasteiger partial charge in [-0.2, -0.15) is 0 Å². The minimum atomic E-state index is -2.37. The van der Waals surface area contributed by atoms with Crippen molar-refractivity contribution in [3.8, 4) is 0 Å². The van der Waals surface area contributed by atoms with Crippen LogP contribution in [0.3, 0.4) is 0 Å². The molecule has 0 fully saturated rings. The molecule has 2 N–H and O–H groups in total. The van der Waals surface area contributed by atoms with Crippen LogP contribution in [0.5, 0.6) is 0 Å². The van der Waals surface area contributed by atoms with Crippen LogP contribution in [0.2, 0.25) is 58.9 Å². The molecule has 0 spiro atoms. The van der Waals surface area contributed by atoms with E-state index in [1.807, 2.05) is 12.1 Å². The average molecular weight is 417 g/mol. The molecule has 0 aromatic heterocycles. The summed E-state index contributed by atoms with van der Waals surface area (Å²) in [6.07, 6.45) is 0. The summed E-state index contributed by atoms with van der Waals surface area (Å²) in [6, 6.07) is 7.32. The van der Waals surface area contributed by atoms with E-state index < -0.39 is 40.9 Å². The number of rotatable bonds is 8. The monoisotopic (exact) mass is 416 g/mol. The second kappa shape index (κ2) is 7.91. The molecule has 0 amide bonds. The second-order valence-electron chi connectivity index (χ2n) is 8.72. The third kappa shape index (κ3) is 8.01. The summed E-state index contributed by atoms with van der Waals surface area (Å²) >= 11 is 0. The zero-order valence-corrected chi connectivity index (χ0v) is 21.0. The first-order valence-electron chi connectivity index (χ1n) is 8.60. The van der Waals surface area contributed by atoms with E-state index in [1.165, 1.54) is 0 Å². The zero-order valence-electron chi connectivity index (χ0n) is 17.0. The van der Waals surface area contributed by atoms with Gasteiger partial charge in [0.1, 0.15) is 0 Å². The first-order valence-corrected chi connectivity index (χ1v) is 20.6. The molecule has 0 saturated heterocycles. The van der Waals surface area contributed by atoms with Gasteiger partial charge in [0.05, 0.1) is 0 Å². The fraction of sp³-hybridized carbons (Fsp3) is 0.600. The molecule has 1 rings (SSSR count). The van der Waals surface area contributed by atoms with Gasteiger partial charge in [0.15, 0.2) is 8.32 Å². The third-order valence-electron chi connectivity index (χ3n) is 3.45. The lowest BCUT2D eigenvalue weighted by molar-refractivity contribution is 0.332. The maximum absolute atomic E-state index is 9.24. The van der Waals surface area contributed by atoms with Gasteiger partial charge >= 0.3 is 24.2 Å². The summed E-state index contributed by atoms with van der Waals surface area (Å²) in [4.78, 5) is 0. The molecule has 0 atom stereocenters. The summed E-state index contributed by atoms with van der Waals surface area (Å²) < 4.78 is 19.3. The number of hydrogen-bond acceptors (Lipinski definition) is 5. The minimum Gasteiger partial charge on any atom is -0.437 e. The van der Waals surface area contributed by atoms with Crippen molar-refractivity contribution >= 4 is 51.5 Å². The summed E-state index contributed by atoms with van der Waals surface area (Å²) in [5.41, 5.74) is 0.485. The first-order chi connectivity index (χ1) is 11.0. The summed E-state index contributed by atoms with van der Waals surface area (Å²) in [5, 5.41) is 19.6. The zero-order chi connectivity index (χ0) is 19.7. The molecule has 0 unspecified atom stereocenters. The standard InChI is InChI=1S/C15H33BO5Si4/c1-22(2,3)19-24(6,7)21-25(8,9)20-23(4,5)15-12-10-14(11-13-15)16(17)18/h10-13,17-18H,1-9H3. The summed E-state index contributed by atoms with van der Waals surface area (Å²) in [5.74, 6) is 0. The van der Waals surface area contributed by atoms with E-state index in [9.17, 15) is 10.0 Å². The molecule has 0 aliphatic carbocycles.